The standard InChI is InChI=1S/C16H19FN4/c17-14-6-2-1-5-13(14)7-9-18-16-19-10-8-15(20-16)21-11-3-4-12-21/h1-2,5-6,8,10H,3-4,7,9,11-12H2,(H,18,19,20). The van der Waals surface area contributed by atoms with Crippen LogP contribution in [0.4, 0.5) is 16.2 Å². The van der Waals surface area contributed by atoms with Gasteiger partial charge in [-0.15, -0.1) is 0 Å². The molecule has 1 saturated heterocycles. The van der Waals surface area contributed by atoms with Crippen molar-refractivity contribution in [2.45, 2.75) is 19.3 Å². The van der Waals surface area contributed by atoms with E-state index >= 15 is 0 Å². The van der Waals surface area contributed by atoms with E-state index in [1.807, 2.05) is 12.1 Å². The molecule has 1 aliphatic rings. The molecule has 5 heteroatoms. The van der Waals surface area contributed by atoms with Crippen LogP contribution in [0.1, 0.15) is 18.4 Å². The maximum atomic E-state index is 13.5. The van der Waals surface area contributed by atoms with Crippen molar-refractivity contribution in [1.29, 1.82) is 0 Å². The third-order valence-corrected chi connectivity index (χ3v) is 3.71. The number of benzene rings is 1. The Bertz CT molecular complexity index is 596. The summed E-state index contributed by atoms with van der Waals surface area (Å²) in [5.41, 5.74) is 0.709. The minimum atomic E-state index is -0.161. The molecule has 0 unspecified atom stereocenters. The Morgan fingerprint density at radius 3 is 2.76 bits per heavy atom. The van der Waals surface area contributed by atoms with Crippen LogP contribution in [-0.4, -0.2) is 29.6 Å². The largest absolute Gasteiger partial charge is 0.356 e. The second kappa shape index (κ2) is 6.52. The van der Waals surface area contributed by atoms with E-state index < -0.39 is 0 Å². The van der Waals surface area contributed by atoms with Gasteiger partial charge in [0.25, 0.3) is 0 Å². The molecule has 21 heavy (non-hydrogen) atoms. The number of nitrogens with zero attached hydrogens (tertiary/aromatic N) is 3. The molecular weight excluding hydrogens is 267 g/mol. The minimum Gasteiger partial charge on any atom is -0.356 e. The lowest BCUT2D eigenvalue weighted by molar-refractivity contribution is 0.610. The van der Waals surface area contributed by atoms with Gasteiger partial charge in [0.2, 0.25) is 5.95 Å². The van der Waals surface area contributed by atoms with E-state index in [1.54, 1.807) is 18.3 Å². The Morgan fingerprint density at radius 1 is 1.14 bits per heavy atom. The smallest absolute Gasteiger partial charge is 0.224 e. The fourth-order valence-electron chi connectivity index (χ4n) is 2.57. The summed E-state index contributed by atoms with van der Waals surface area (Å²) in [6, 6.07) is 8.78. The van der Waals surface area contributed by atoms with Gasteiger partial charge in [0.1, 0.15) is 11.6 Å². The summed E-state index contributed by atoms with van der Waals surface area (Å²) in [5, 5.41) is 3.17. The first-order valence-corrected chi connectivity index (χ1v) is 7.38. The van der Waals surface area contributed by atoms with E-state index in [9.17, 15) is 4.39 Å². The molecule has 0 spiro atoms. The third kappa shape index (κ3) is 3.48. The third-order valence-electron chi connectivity index (χ3n) is 3.71. The summed E-state index contributed by atoms with van der Waals surface area (Å²) in [4.78, 5) is 11.0. The molecule has 0 saturated carbocycles. The number of rotatable bonds is 5. The highest BCUT2D eigenvalue weighted by molar-refractivity contribution is 5.43. The Hall–Kier alpha value is -2.17. The second-order valence-electron chi connectivity index (χ2n) is 5.20. The van der Waals surface area contributed by atoms with Gasteiger partial charge in [-0.05, 0) is 37.0 Å². The molecule has 2 aromatic rings. The summed E-state index contributed by atoms with van der Waals surface area (Å²) in [5.74, 6) is 1.41. The number of nitrogens with one attached hydrogen (secondary N) is 1. The zero-order valence-electron chi connectivity index (χ0n) is 11.9. The molecule has 0 atom stereocenters. The lowest BCUT2D eigenvalue weighted by Crippen LogP contribution is -2.20. The molecule has 1 fully saturated rings. The van der Waals surface area contributed by atoms with Crippen LogP contribution in [0.5, 0.6) is 0 Å². The van der Waals surface area contributed by atoms with E-state index in [0.29, 0.717) is 24.5 Å². The molecule has 1 N–H and O–H groups in total. The van der Waals surface area contributed by atoms with Crippen LogP contribution in [0.2, 0.25) is 0 Å². The lowest BCUT2D eigenvalue weighted by atomic mass is 10.1. The molecule has 0 amide bonds. The maximum Gasteiger partial charge on any atom is 0.224 e. The first kappa shape index (κ1) is 13.8. The normalized spacial score (nSPS) is 14.4. The Morgan fingerprint density at radius 2 is 1.95 bits per heavy atom. The van der Waals surface area contributed by atoms with E-state index in [0.717, 1.165) is 18.9 Å². The van der Waals surface area contributed by atoms with Gasteiger partial charge >= 0.3 is 0 Å². The molecule has 0 radical (unpaired) electrons. The van der Waals surface area contributed by atoms with Crippen LogP contribution in [0, 0.1) is 5.82 Å². The maximum absolute atomic E-state index is 13.5. The number of hydrogen-bond donors (Lipinski definition) is 1. The average molecular weight is 286 g/mol. The molecule has 1 aliphatic heterocycles. The predicted octanol–water partition coefficient (Wildman–Crippen LogP) is 2.87. The number of hydrogen-bond acceptors (Lipinski definition) is 4. The summed E-state index contributed by atoms with van der Waals surface area (Å²) < 4.78 is 13.5. The van der Waals surface area contributed by atoms with Crippen LogP contribution in [0.25, 0.3) is 0 Å². The molecule has 110 valence electrons. The van der Waals surface area contributed by atoms with Gasteiger partial charge in [-0.1, -0.05) is 18.2 Å². The molecular formula is C16H19FN4. The zero-order valence-corrected chi connectivity index (χ0v) is 11.9. The SMILES string of the molecule is Fc1ccccc1CCNc1nccc(N2CCCC2)n1. The van der Waals surface area contributed by atoms with Gasteiger partial charge < -0.3 is 10.2 Å². The zero-order chi connectivity index (χ0) is 14.5. The Kier molecular flexibility index (Phi) is 4.28. The van der Waals surface area contributed by atoms with Crippen LogP contribution in [0.15, 0.2) is 36.5 Å². The fraction of sp³-hybridized carbons (Fsp3) is 0.375. The molecule has 1 aromatic heterocycles. The van der Waals surface area contributed by atoms with Crippen LogP contribution < -0.4 is 10.2 Å². The number of halogens is 1. The van der Waals surface area contributed by atoms with Gasteiger partial charge in [-0.2, -0.15) is 4.98 Å². The van der Waals surface area contributed by atoms with Gasteiger partial charge in [-0.25, -0.2) is 9.37 Å². The highest BCUT2D eigenvalue weighted by atomic mass is 19.1. The van der Waals surface area contributed by atoms with Gasteiger partial charge in [0, 0.05) is 25.8 Å². The quantitative estimate of drug-likeness (QED) is 0.917. The summed E-state index contributed by atoms with van der Waals surface area (Å²) in [6.45, 7) is 2.74. The van der Waals surface area contributed by atoms with Gasteiger partial charge in [0.05, 0.1) is 0 Å². The number of aromatic nitrogens is 2. The molecule has 1 aromatic carbocycles. The van der Waals surface area contributed by atoms with Crippen LogP contribution in [0.3, 0.4) is 0 Å². The summed E-state index contributed by atoms with van der Waals surface area (Å²) in [7, 11) is 0. The van der Waals surface area contributed by atoms with Gasteiger partial charge in [0.15, 0.2) is 0 Å². The second-order valence-corrected chi connectivity index (χ2v) is 5.20. The predicted molar refractivity (Wildman–Crippen MR) is 82.1 cm³/mol. The first-order chi connectivity index (χ1) is 10.3. The molecule has 3 rings (SSSR count). The Labute approximate surface area is 124 Å². The van der Waals surface area contributed by atoms with E-state index in [-0.39, 0.29) is 5.82 Å². The van der Waals surface area contributed by atoms with Crippen molar-refractivity contribution in [3.63, 3.8) is 0 Å². The van der Waals surface area contributed by atoms with Crippen molar-refractivity contribution in [2.24, 2.45) is 0 Å². The van der Waals surface area contributed by atoms with Crippen LogP contribution >= 0.6 is 0 Å². The highest BCUT2D eigenvalue weighted by Gasteiger charge is 2.13. The minimum absolute atomic E-state index is 0.161. The van der Waals surface area contributed by atoms with Crippen molar-refractivity contribution in [3.8, 4) is 0 Å². The van der Waals surface area contributed by atoms with E-state index in [4.69, 9.17) is 0 Å². The average Bonchev–Trinajstić information content (AvgIpc) is 3.04. The van der Waals surface area contributed by atoms with Crippen molar-refractivity contribution in [2.75, 3.05) is 29.9 Å². The van der Waals surface area contributed by atoms with Gasteiger partial charge in [-0.3, -0.25) is 0 Å². The number of anilines is 2. The highest BCUT2D eigenvalue weighted by Crippen LogP contribution is 2.18. The molecule has 2 heterocycles. The fourth-order valence-corrected chi connectivity index (χ4v) is 2.57. The Balaban J connectivity index is 1.58. The van der Waals surface area contributed by atoms with Crippen molar-refractivity contribution in [3.05, 3.63) is 47.9 Å². The summed E-state index contributed by atoms with van der Waals surface area (Å²) in [6.07, 6.45) is 4.83. The van der Waals surface area contributed by atoms with Crippen molar-refractivity contribution in [1.82, 2.24) is 9.97 Å². The summed E-state index contributed by atoms with van der Waals surface area (Å²) >= 11 is 0. The first-order valence-electron chi connectivity index (χ1n) is 7.38. The van der Waals surface area contributed by atoms with Crippen LogP contribution in [-0.2, 0) is 6.42 Å². The monoisotopic (exact) mass is 286 g/mol. The van der Waals surface area contributed by atoms with E-state index in [1.165, 1.54) is 18.9 Å². The molecule has 0 aliphatic carbocycles. The van der Waals surface area contributed by atoms with E-state index in [2.05, 4.69) is 20.2 Å². The molecule has 0 bridgehead atoms. The van der Waals surface area contributed by atoms with Crippen molar-refractivity contribution >= 4 is 11.8 Å². The molecule has 4 nitrogen and oxygen atoms in total. The lowest BCUT2D eigenvalue weighted by Gasteiger charge is -2.16. The van der Waals surface area contributed by atoms with Crippen molar-refractivity contribution < 1.29 is 4.39 Å². The topological polar surface area (TPSA) is 41.1 Å².